The number of halogens is 1. The summed E-state index contributed by atoms with van der Waals surface area (Å²) in [6.45, 7) is 5.95. The van der Waals surface area contributed by atoms with E-state index in [1.807, 2.05) is 24.3 Å². The van der Waals surface area contributed by atoms with Gasteiger partial charge in [-0.2, -0.15) is 0 Å². The summed E-state index contributed by atoms with van der Waals surface area (Å²) >= 11 is 6.12. The van der Waals surface area contributed by atoms with Crippen molar-refractivity contribution in [1.82, 2.24) is 4.90 Å². The Labute approximate surface area is 113 Å². The molecule has 0 saturated carbocycles. The molecule has 0 spiro atoms. The summed E-state index contributed by atoms with van der Waals surface area (Å²) in [7, 11) is 0. The Morgan fingerprint density at radius 3 is 2.67 bits per heavy atom. The van der Waals surface area contributed by atoms with Gasteiger partial charge in [-0.3, -0.25) is 9.69 Å². The maximum Gasteiger partial charge on any atom is 0.307 e. The third kappa shape index (κ3) is 4.67. The summed E-state index contributed by atoms with van der Waals surface area (Å²) in [6, 6.07) is 7.69. The van der Waals surface area contributed by atoms with E-state index < -0.39 is 5.97 Å². The molecule has 0 amide bonds. The zero-order valence-corrected chi connectivity index (χ0v) is 11.7. The van der Waals surface area contributed by atoms with Crippen molar-refractivity contribution in [2.45, 2.75) is 26.8 Å². The Bertz CT molecular complexity index is 395. The predicted molar refractivity (Wildman–Crippen MR) is 73.8 cm³/mol. The summed E-state index contributed by atoms with van der Waals surface area (Å²) in [6.07, 6.45) is 0.997. The van der Waals surface area contributed by atoms with Crippen molar-refractivity contribution in [3.05, 3.63) is 34.9 Å². The molecule has 1 atom stereocenters. The van der Waals surface area contributed by atoms with E-state index in [0.29, 0.717) is 13.1 Å². The number of nitrogens with zero attached hydrogens (tertiary/aromatic N) is 1. The maximum atomic E-state index is 10.9. The topological polar surface area (TPSA) is 40.5 Å². The Kier molecular flexibility index (Phi) is 6.16. The van der Waals surface area contributed by atoms with E-state index in [1.165, 1.54) is 0 Å². The molecule has 4 heteroatoms. The normalized spacial score (nSPS) is 12.7. The van der Waals surface area contributed by atoms with E-state index in [0.717, 1.165) is 23.6 Å². The number of hydrogen-bond donors (Lipinski definition) is 1. The Morgan fingerprint density at radius 2 is 2.11 bits per heavy atom. The molecule has 0 heterocycles. The highest BCUT2D eigenvalue weighted by Crippen LogP contribution is 2.17. The predicted octanol–water partition coefficient (Wildman–Crippen LogP) is 3.27. The van der Waals surface area contributed by atoms with Crippen molar-refractivity contribution < 1.29 is 9.90 Å². The molecule has 0 fully saturated rings. The van der Waals surface area contributed by atoms with Gasteiger partial charge >= 0.3 is 5.97 Å². The third-order valence-corrected chi connectivity index (χ3v) is 3.21. The molecule has 0 saturated heterocycles. The van der Waals surface area contributed by atoms with Crippen molar-refractivity contribution in [1.29, 1.82) is 0 Å². The molecule has 1 aromatic rings. The van der Waals surface area contributed by atoms with Gasteiger partial charge in [-0.25, -0.2) is 0 Å². The minimum absolute atomic E-state index is 0.362. The highest BCUT2D eigenvalue weighted by atomic mass is 35.5. The number of aliphatic carboxylic acids is 1. The number of carboxylic acid groups (broad SMARTS) is 1. The van der Waals surface area contributed by atoms with Gasteiger partial charge in [-0.15, -0.1) is 0 Å². The molecule has 0 aliphatic carbocycles. The van der Waals surface area contributed by atoms with Gasteiger partial charge in [0.1, 0.15) is 0 Å². The monoisotopic (exact) mass is 269 g/mol. The van der Waals surface area contributed by atoms with Crippen molar-refractivity contribution in [2.75, 3.05) is 13.1 Å². The second-order valence-corrected chi connectivity index (χ2v) is 4.97. The molecular formula is C14H20ClNO2. The molecule has 0 bridgehead atoms. The summed E-state index contributed by atoms with van der Waals surface area (Å²) in [5, 5.41) is 9.70. The average molecular weight is 270 g/mol. The van der Waals surface area contributed by atoms with E-state index in [9.17, 15) is 4.79 Å². The minimum atomic E-state index is -0.754. The van der Waals surface area contributed by atoms with Crippen molar-refractivity contribution in [3.8, 4) is 0 Å². The highest BCUT2D eigenvalue weighted by molar-refractivity contribution is 6.31. The van der Waals surface area contributed by atoms with Gasteiger partial charge in [-0.1, -0.05) is 43.6 Å². The molecule has 3 nitrogen and oxygen atoms in total. The first kappa shape index (κ1) is 15.0. The first-order valence-corrected chi connectivity index (χ1v) is 6.61. The molecule has 0 radical (unpaired) electrons. The van der Waals surface area contributed by atoms with Gasteiger partial charge in [-0.05, 0) is 24.6 Å². The lowest BCUT2D eigenvalue weighted by Gasteiger charge is -2.24. The summed E-state index contributed by atoms with van der Waals surface area (Å²) < 4.78 is 0. The van der Waals surface area contributed by atoms with Crippen LogP contribution in [0, 0.1) is 5.92 Å². The quantitative estimate of drug-likeness (QED) is 0.826. The van der Waals surface area contributed by atoms with Crippen LogP contribution in [0.5, 0.6) is 0 Å². The van der Waals surface area contributed by atoms with Crippen molar-refractivity contribution in [3.63, 3.8) is 0 Å². The van der Waals surface area contributed by atoms with E-state index in [1.54, 1.807) is 6.92 Å². The summed E-state index contributed by atoms with van der Waals surface area (Å²) in [5.74, 6) is -1.12. The summed E-state index contributed by atoms with van der Waals surface area (Å²) in [5.41, 5.74) is 1.05. The van der Waals surface area contributed by atoms with E-state index in [4.69, 9.17) is 16.7 Å². The van der Waals surface area contributed by atoms with Gasteiger partial charge in [0.15, 0.2) is 0 Å². The van der Waals surface area contributed by atoms with E-state index in [2.05, 4.69) is 11.8 Å². The fourth-order valence-corrected chi connectivity index (χ4v) is 2.08. The Morgan fingerprint density at radius 1 is 1.44 bits per heavy atom. The fourth-order valence-electron chi connectivity index (χ4n) is 1.88. The number of carbonyl (C=O) groups is 1. The molecule has 100 valence electrons. The van der Waals surface area contributed by atoms with Crippen molar-refractivity contribution >= 4 is 17.6 Å². The van der Waals surface area contributed by atoms with Crippen LogP contribution in [0.15, 0.2) is 24.3 Å². The zero-order chi connectivity index (χ0) is 13.5. The Balaban J connectivity index is 2.68. The van der Waals surface area contributed by atoms with Gasteiger partial charge in [0.25, 0.3) is 0 Å². The minimum Gasteiger partial charge on any atom is -0.481 e. The Hall–Kier alpha value is -1.06. The van der Waals surface area contributed by atoms with Crippen LogP contribution in [0.1, 0.15) is 25.8 Å². The standard InChI is InChI=1S/C14H20ClNO2/c1-3-8-16(9-11(2)14(17)18)10-12-6-4-5-7-13(12)15/h4-7,11H,3,8-10H2,1-2H3,(H,17,18). The fraction of sp³-hybridized carbons (Fsp3) is 0.500. The van der Waals surface area contributed by atoms with Crippen LogP contribution in [-0.2, 0) is 11.3 Å². The van der Waals surface area contributed by atoms with Crippen LogP contribution < -0.4 is 0 Å². The molecule has 18 heavy (non-hydrogen) atoms. The van der Waals surface area contributed by atoms with Gasteiger partial charge in [0.2, 0.25) is 0 Å². The third-order valence-electron chi connectivity index (χ3n) is 2.85. The first-order chi connectivity index (χ1) is 8.54. The largest absolute Gasteiger partial charge is 0.481 e. The maximum absolute atomic E-state index is 10.9. The first-order valence-electron chi connectivity index (χ1n) is 6.23. The van der Waals surface area contributed by atoms with Crippen LogP contribution in [0.3, 0.4) is 0 Å². The molecule has 1 unspecified atom stereocenters. The number of rotatable bonds is 7. The molecule has 0 aliphatic heterocycles. The lowest BCUT2D eigenvalue weighted by Crippen LogP contribution is -2.32. The van der Waals surface area contributed by atoms with Crippen molar-refractivity contribution in [2.24, 2.45) is 5.92 Å². The lowest BCUT2D eigenvalue weighted by atomic mass is 10.1. The number of hydrogen-bond acceptors (Lipinski definition) is 2. The molecular weight excluding hydrogens is 250 g/mol. The second kappa shape index (κ2) is 7.39. The molecule has 1 rings (SSSR count). The van der Waals surface area contributed by atoms with Gasteiger partial charge < -0.3 is 5.11 Å². The van der Waals surface area contributed by atoms with Crippen LogP contribution in [0.25, 0.3) is 0 Å². The smallest absolute Gasteiger partial charge is 0.307 e. The molecule has 0 aromatic heterocycles. The SMILES string of the molecule is CCCN(Cc1ccccc1Cl)CC(C)C(=O)O. The van der Waals surface area contributed by atoms with Gasteiger partial charge in [0, 0.05) is 18.1 Å². The molecule has 1 N–H and O–H groups in total. The number of benzene rings is 1. The second-order valence-electron chi connectivity index (χ2n) is 4.57. The van der Waals surface area contributed by atoms with E-state index in [-0.39, 0.29) is 5.92 Å². The number of carboxylic acids is 1. The van der Waals surface area contributed by atoms with Crippen LogP contribution in [-0.4, -0.2) is 29.1 Å². The summed E-state index contributed by atoms with van der Waals surface area (Å²) in [4.78, 5) is 13.0. The lowest BCUT2D eigenvalue weighted by molar-refractivity contribution is -0.141. The highest BCUT2D eigenvalue weighted by Gasteiger charge is 2.16. The van der Waals surface area contributed by atoms with Crippen LogP contribution in [0.4, 0.5) is 0 Å². The van der Waals surface area contributed by atoms with Gasteiger partial charge in [0.05, 0.1) is 5.92 Å². The average Bonchev–Trinajstić information content (AvgIpc) is 2.32. The van der Waals surface area contributed by atoms with Crippen LogP contribution in [0.2, 0.25) is 5.02 Å². The molecule has 0 aliphatic rings. The van der Waals surface area contributed by atoms with Crippen LogP contribution >= 0.6 is 11.6 Å². The molecule has 1 aromatic carbocycles. The van der Waals surface area contributed by atoms with E-state index >= 15 is 0 Å². The zero-order valence-electron chi connectivity index (χ0n) is 10.9.